The Morgan fingerprint density at radius 2 is 1.82 bits per heavy atom. The van der Waals surface area contributed by atoms with Crippen LogP contribution in [0, 0.1) is 19.7 Å². The molecule has 5 nitrogen and oxygen atoms in total. The predicted molar refractivity (Wildman–Crippen MR) is 106 cm³/mol. The van der Waals surface area contributed by atoms with E-state index in [-0.39, 0.29) is 29.2 Å². The first-order valence-corrected chi connectivity index (χ1v) is 10.7. The van der Waals surface area contributed by atoms with Gasteiger partial charge < -0.3 is 4.90 Å². The van der Waals surface area contributed by atoms with Crippen LogP contribution in [0.15, 0.2) is 47.4 Å². The third kappa shape index (κ3) is 4.10. The minimum atomic E-state index is -3.75. The smallest absolute Gasteiger partial charge is 0.243 e. The molecular formula is C21H25FN2O3S. The molecule has 0 bridgehead atoms. The summed E-state index contributed by atoms with van der Waals surface area (Å²) in [4.78, 5) is 14.7. The van der Waals surface area contributed by atoms with Crippen LogP contribution in [0.1, 0.15) is 35.6 Å². The summed E-state index contributed by atoms with van der Waals surface area (Å²) in [6, 6.07) is 10.9. The molecule has 1 aliphatic rings. The molecule has 28 heavy (non-hydrogen) atoms. The number of carbonyl (C=O) groups excluding carboxylic acids is 1. The molecule has 1 heterocycles. The van der Waals surface area contributed by atoms with E-state index in [0.717, 1.165) is 33.8 Å². The number of likely N-dealkylation sites (tertiary alicyclic amines) is 1. The van der Waals surface area contributed by atoms with Crippen molar-refractivity contribution in [2.24, 2.45) is 0 Å². The van der Waals surface area contributed by atoms with Crippen molar-refractivity contribution in [2.45, 2.75) is 37.6 Å². The SMILES string of the molecule is Cc1ccc(S(=O)(=O)N(C)CC(=O)N2CCCC2c2ccc(F)cc2)cc1C. The summed E-state index contributed by atoms with van der Waals surface area (Å²) in [5, 5.41) is 0. The Morgan fingerprint density at radius 3 is 2.46 bits per heavy atom. The first-order chi connectivity index (χ1) is 13.2. The molecule has 150 valence electrons. The third-order valence-electron chi connectivity index (χ3n) is 5.37. The van der Waals surface area contributed by atoms with Crippen molar-refractivity contribution < 1.29 is 17.6 Å². The zero-order valence-corrected chi connectivity index (χ0v) is 17.2. The van der Waals surface area contributed by atoms with Gasteiger partial charge in [-0.2, -0.15) is 4.31 Å². The Hall–Kier alpha value is -2.25. The molecule has 0 radical (unpaired) electrons. The van der Waals surface area contributed by atoms with E-state index in [2.05, 4.69) is 0 Å². The van der Waals surface area contributed by atoms with Gasteiger partial charge in [-0.05, 0) is 67.6 Å². The Balaban J connectivity index is 1.75. The quantitative estimate of drug-likeness (QED) is 0.767. The number of sulfonamides is 1. The van der Waals surface area contributed by atoms with Gasteiger partial charge in [0.1, 0.15) is 5.82 Å². The average molecular weight is 405 g/mol. The lowest BCUT2D eigenvalue weighted by molar-refractivity contribution is -0.132. The van der Waals surface area contributed by atoms with Crippen molar-refractivity contribution in [1.29, 1.82) is 0 Å². The maximum Gasteiger partial charge on any atom is 0.243 e. The van der Waals surface area contributed by atoms with E-state index in [9.17, 15) is 17.6 Å². The minimum Gasteiger partial charge on any atom is -0.335 e. The lowest BCUT2D eigenvalue weighted by atomic mass is 10.0. The fourth-order valence-corrected chi connectivity index (χ4v) is 4.72. The second-order valence-corrected chi connectivity index (χ2v) is 9.35. The summed E-state index contributed by atoms with van der Waals surface area (Å²) in [5.41, 5.74) is 2.76. The molecule has 1 fully saturated rings. The zero-order valence-electron chi connectivity index (χ0n) is 16.4. The lowest BCUT2D eigenvalue weighted by Crippen LogP contribution is -2.40. The van der Waals surface area contributed by atoms with Gasteiger partial charge in [0, 0.05) is 13.6 Å². The van der Waals surface area contributed by atoms with E-state index >= 15 is 0 Å². The van der Waals surface area contributed by atoms with Crippen LogP contribution in [0.2, 0.25) is 0 Å². The normalized spacial score (nSPS) is 17.3. The molecule has 0 aliphatic carbocycles. The number of carbonyl (C=O) groups is 1. The fourth-order valence-electron chi connectivity index (χ4n) is 3.52. The number of amides is 1. The molecule has 1 atom stereocenters. The number of aryl methyl sites for hydroxylation is 2. The molecule has 7 heteroatoms. The summed E-state index contributed by atoms with van der Waals surface area (Å²) in [5.74, 6) is -0.569. The number of hydrogen-bond donors (Lipinski definition) is 0. The standard InChI is InChI=1S/C21H25FN2O3S/c1-15-6-11-19(13-16(15)2)28(26,27)23(3)14-21(25)24-12-4-5-20(24)17-7-9-18(22)10-8-17/h6-11,13,20H,4-5,12,14H2,1-3H3. The highest BCUT2D eigenvalue weighted by molar-refractivity contribution is 7.89. The number of hydrogen-bond acceptors (Lipinski definition) is 3. The van der Waals surface area contributed by atoms with Crippen LogP contribution < -0.4 is 0 Å². The number of halogens is 1. The largest absolute Gasteiger partial charge is 0.335 e. The lowest BCUT2D eigenvalue weighted by Gasteiger charge is -2.27. The summed E-state index contributed by atoms with van der Waals surface area (Å²) >= 11 is 0. The molecule has 1 saturated heterocycles. The van der Waals surface area contributed by atoms with Gasteiger partial charge in [0.05, 0.1) is 17.5 Å². The van der Waals surface area contributed by atoms with Gasteiger partial charge in [0.2, 0.25) is 15.9 Å². The van der Waals surface area contributed by atoms with E-state index in [1.165, 1.54) is 19.2 Å². The van der Waals surface area contributed by atoms with E-state index in [4.69, 9.17) is 0 Å². The van der Waals surface area contributed by atoms with Gasteiger partial charge >= 0.3 is 0 Å². The molecule has 2 aromatic carbocycles. The zero-order chi connectivity index (χ0) is 20.5. The molecule has 2 aromatic rings. The first-order valence-electron chi connectivity index (χ1n) is 9.28. The van der Waals surface area contributed by atoms with Crippen LogP contribution in [0.4, 0.5) is 4.39 Å². The molecule has 0 saturated carbocycles. The number of nitrogens with zero attached hydrogens (tertiary/aromatic N) is 2. The van der Waals surface area contributed by atoms with E-state index in [1.807, 2.05) is 13.8 Å². The van der Waals surface area contributed by atoms with Gasteiger partial charge in [-0.1, -0.05) is 18.2 Å². The van der Waals surface area contributed by atoms with Gasteiger partial charge in [-0.3, -0.25) is 4.79 Å². The van der Waals surface area contributed by atoms with E-state index < -0.39 is 10.0 Å². The molecule has 1 amide bonds. The molecule has 0 spiro atoms. The molecular weight excluding hydrogens is 379 g/mol. The number of rotatable bonds is 5. The molecule has 3 rings (SSSR count). The average Bonchev–Trinajstić information content (AvgIpc) is 3.14. The van der Waals surface area contributed by atoms with E-state index in [0.29, 0.717) is 6.54 Å². The highest BCUT2D eigenvalue weighted by Crippen LogP contribution is 2.32. The number of benzene rings is 2. The topological polar surface area (TPSA) is 57.7 Å². The van der Waals surface area contributed by atoms with Crippen molar-refractivity contribution in [1.82, 2.24) is 9.21 Å². The van der Waals surface area contributed by atoms with Crippen LogP contribution in [0.3, 0.4) is 0 Å². The second kappa shape index (κ2) is 8.01. The van der Waals surface area contributed by atoms with Crippen molar-refractivity contribution in [2.75, 3.05) is 20.1 Å². The second-order valence-electron chi connectivity index (χ2n) is 7.30. The van der Waals surface area contributed by atoms with Gasteiger partial charge in [0.15, 0.2) is 0 Å². The van der Waals surface area contributed by atoms with Crippen LogP contribution in [0.5, 0.6) is 0 Å². The fraction of sp³-hybridized carbons (Fsp3) is 0.381. The van der Waals surface area contributed by atoms with Crippen LogP contribution in [0.25, 0.3) is 0 Å². The summed E-state index contributed by atoms with van der Waals surface area (Å²) in [7, 11) is -2.33. The molecule has 0 aromatic heterocycles. The minimum absolute atomic E-state index is 0.147. The van der Waals surface area contributed by atoms with Crippen LogP contribution in [-0.4, -0.2) is 43.7 Å². The Kier molecular flexibility index (Phi) is 5.86. The van der Waals surface area contributed by atoms with Crippen LogP contribution >= 0.6 is 0 Å². The molecule has 1 aliphatic heterocycles. The van der Waals surface area contributed by atoms with Crippen molar-refractivity contribution >= 4 is 15.9 Å². The highest BCUT2D eigenvalue weighted by Gasteiger charge is 2.32. The molecule has 1 unspecified atom stereocenters. The molecule has 0 N–H and O–H groups in total. The van der Waals surface area contributed by atoms with Gasteiger partial charge in [-0.25, -0.2) is 12.8 Å². The Bertz CT molecular complexity index is 974. The first kappa shape index (κ1) is 20.5. The van der Waals surface area contributed by atoms with Gasteiger partial charge in [-0.15, -0.1) is 0 Å². The van der Waals surface area contributed by atoms with Crippen molar-refractivity contribution in [3.8, 4) is 0 Å². The van der Waals surface area contributed by atoms with Crippen molar-refractivity contribution in [3.63, 3.8) is 0 Å². The predicted octanol–water partition coefficient (Wildman–Crippen LogP) is 3.43. The highest BCUT2D eigenvalue weighted by atomic mass is 32.2. The van der Waals surface area contributed by atoms with E-state index in [1.54, 1.807) is 35.2 Å². The summed E-state index contributed by atoms with van der Waals surface area (Å²) in [6.45, 7) is 4.12. The number of likely N-dealkylation sites (N-methyl/N-ethyl adjacent to an activating group) is 1. The van der Waals surface area contributed by atoms with Crippen molar-refractivity contribution in [3.05, 3.63) is 65.0 Å². The Morgan fingerprint density at radius 1 is 1.14 bits per heavy atom. The van der Waals surface area contributed by atoms with Crippen LogP contribution in [-0.2, 0) is 14.8 Å². The summed E-state index contributed by atoms with van der Waals surface area (Å²) < 4.78 is 40.0. The third-order valence-corrected chi connectivity index (χ3v) is 7.17. The Labute approximate surface area is 165 Å². The maximum atomic E-state index is 13.2. The van der Waals surface area contributed by atoms with Gasteiger partial charge in [0.25, 0.3) is 0 Å². The monoisotopic (exact) mass is 404 g/mol. The summed E-state index contributed by atoms with van der Waals surface area (Å²) in [6.07, 6.45) is 1.62. The maximum absolute atomic E-state index is 13.2.